The van der Waals surface area contributed by atoms with E-state index in [1.54, 1.807) is 0 Å². The summed E-state index contributed by atoms with van der Waals surface area (Å²) in [5, 5.41) is 6.65. The predicted octanol–water partition coefficient (Wildman–Crippen LogP) is 4.26. The third-order valence-electron chi connectivity index (χ3n) is 4.58. The quantitative estimate of drug-likeness (QED) is 0.879. The number of nitrogens with zero attached hydrogens (tertiary/aromatic N) is 1. The number of para-hydroxylation sites is 2. The first-order chi connectivity index (χ1) is 11.7. The van der Waals surface area contributed by atoms with Crippen LogP contribution < -0.4 is 15.5 Å². The van der Waals surface area contributed by atoms with Gasteiger partial charge in [-0.1, -0.05) is 29.8 Å². The van der Waals surface area contributed by atoms with Crippen molar-refractivity contribution in [3.8, 4) is 0 Å². The minimum Gasteiger partial charge on any atom is -0.377 e. The van der Waals surface area contributed by atoms with Gasteiger partial charge in [-0.2, -0.15) is 0 Å². The summed E-state index contributed by atoms with van der Waals surface area (Å²) in [7, 11) is 0. The zero-order valence-corrected chi connectivity index (χ0v) is 15.7. The van der Waals surface area contributed by atoms with Crippen molar-refractivity contribution in [1.29, 1.82) is 0 Å². The standard InChI is InChI=1S/C21H27N3O/c1-14-10-15(2)20(16(3)11-14)22-19(25)12-24-13-21(4,5)23-17-8-6-7-9-18(17)24/h6-11,23H,12-13H2,1-5H3,(H,22,25). The molecule has 2 N–H and O–H groups in total. The monoisotopic (exact) mass is 337 g/mol. The van der Waals surface area contributed by atoms with Gasteiger partial charge in [-0.3, -0.25) is 4.79 Å². The van der Waals surface area contributed by atoms with Gasteiger partial charge in [-0.25, -0.2) is 0 Å². The number of nitrogens with one attached hydrogen (secondary N) is 2. The van der Waals surface area contributed by atoms with E-state index in [9.17, 15) is 4.79 Å². The van der Waals surface area contributed by atoms with Gasteiger partial charge >= 0.3 is 0 Å². The number of aryl methyl sites for hydroxylation is 3. The van der Waals surface area contributed by atoms with E-state index in [0.717, 1.165) is 34.7 Å². The number of rotatable bonds is 3. The average molecular weight is 337 g/mol. The lowest BCUT2D eigenvalue weighted by molar-refractivity contribution is -0.115. The number of hydrogen-bond donors (Lipinski definition) is 2. The number of amides is 1. The van der Waals surface area contributed by atoms with E-state index in [1.165, 1.54) is 5.56 Å². The van der Waals surface area contributed by atoms with Crippen molar-refractivity contribution < 1.29 is 4.79 Å². The van der Waals surface area contributed by atoms with Crippen LogP contribution in [-0.2, 0) is 4.79 Å². The van der Waals surface area contributed by atoms with E-state index in [4.69, 9.17) is 0 Å². The molecule has 1 aliphatic heterocycles. The van der Waals surface area contributed by atoms with E-state index in [1.807, 2.05) is 26.0 Å². The molecule has 1 aliphatic rings. The third kappa shape index (κ3) is 3.78. The van der Waals surface area contributed by atoms with Crippen LogP contribution in [0, 0.1) is 20.8 Å². The molecule has 0 atom stereocenters. The number of carbonyl (C=O) groups is 1. The van der Waals surface area contributed by atoms with Crippen molar-refractivity contribution in [3.63, 3.8) is 0 Å². The van der Waals surface area contributed by atoms with Crippen LogP contribution in [0.25, 0.3) is 0 Å². The van der Waals surface area contributed by atoms with Gasteiger partial charge in [0.15, 0.2) is 0 Å². The molecule has 1 heterocycles. The molecule has 2 aromatic rings. The fourth-order valence-corrected chi connectivity index (χ4v) is 3.69. The first kappa shape index (κ1) is 17.3. The maximum Gasteiger partial charge on any atom is 0.243 e. The van der Waals surface area contributed by atoms with Gasteiger partial charge < -0.3 is 15.5 Å². The Morgan fingerprint density at radius 2 is 1.80 bits per heavy atom. The molecule has 25 heavy (non-hydrogen) atoms. The largest absolute Gasteiger partial charge is 0.377 e. The molecule has 0 spiro atoms. The molecular formula is C21H27N3O. The van der Waals surface area contributed by atoms with Gasteiger partial charge in [0.25, 0.3) is 0 Å². The summed E-state index contributed by atoms with van der Waals surface area (Å²) in [6.45, 7) is 11.6. The Kier molecular flexibility index (Phi) is 4.46. The Bertz CT molecular complexity index is 788. The zero-order chi connectivity index (χ0) is 18.2. The van der Waals surface area contributed by atoms with Gasteiger partial charge in [-0.15, -0.1) is 0 Å². The molecule has 0 bridgehead atoms. The van der Waals surface area contributed by atoms with Crippen molar-refractivity contribution in [2.24, 2.45) is 0 Å². The lowest BCUT2D eigenvalue weighted by Gasteiger charge is -2.41. The number of anilines is 3. The van der Waals surface area contributed by atoms with Crippen LogP contribution in [0.3, 0.4) is 0 Å². The summed E-state index contributed by atoms with van der Waals surface area (Å²) in [5.74, 6) is 0.0163. The van der Waals surface area contributed by atoms with Crippen molar-refractivity contribution in [3.05, 3.63) is 53.1 Å². The molecule has 3 rings (SSSR count). The van der Waals surface area contributed by atoms with Crippen LogP contribution in [0.1, 0.15) is 30.5 Å². The van der Waals surface area contributed by atoms with Gasteiger partial charge in [0.05, 0.1) is 17.9 Å². The van der Waals surface area contributed by atoms with Crippen LogP contribution in [0.15, 0.2) is 36.4 Å². The topological polar surface area (TPSA) is 44.4 Å². The van der Waals surface area contributed by atoms with Crippen molar-refractivity contribution in [2.75, 3.05) is 28.6 Å². The predicted molar refractivity (Wildman–Crippen MR) is 106 cm³/mol. The second kappa shape index (κ2) is 6.43. The van der Waals surface area contributed by atoms with Crippen LogP contribution in [0.2, 0.25) is 0 Å². The maximum absolute atomic E-state index is 12.7. The molecule has 0 radical (unpaired) electrons. The summed E-state index contributed by atoms with van der Waals surface area (Å²) in [6, 6.07) is 12.4. The number of carbonyl (C=O) groups excluding carboxylic acids is 1. The normalized spacial score (nSPS) is 15.3. The van der Waals surface area contributed by atoms with Gasteiger partial charge in [0.2, 0.25) is 5.91 Å². The summed E-state index contributed by atoms with van der Waals surface area (Å²) in [6.07, 6.45) is 0. The maximum atomic E-state index is 12.7. The second-order valence-corrected chi connectivity index (χ2v) is 7.70. The Morgan fingerprint density at radius 3 is 2.48 bits per heavy atom. The highest BCUT2D eigenvalue weighted by molar-refractivity contribution is 5.96. The van der Waals surface area contributed by atoms with Crippen LogP contribution >= 0.6 is 0 Å². The highest BCUT2D eigenvalue weighted by atomic mass is 16.2. The molecule has 0 unspecified atom stereocenters. The molecular weight excluding hydrogens is 310 g/mol. The van der Waals surface area contributed by atoms with E-state index >= 15 is 0 Å². The first-order valence-electron chi connectivity index (χ1n) is 8.75. The van der Waals surface area contributed by atoms with E-state index in [0.29, 0.717) is 6.54 Å². The highest BCUT2D eigenvalue weighted by Crippen LogP contribution is 2.34. The average Bonchev–Trinajstić information content (AvgIpc) is 2.49. The number of fused-ring (bicyclic) bond motifs is 1. The van der Waals surface area contributed by atoms with Gasteiger partial charge in [0, 0.05) is 17.8 Å². The fraction of sp³-hybridized carbons (Fsp3) is 0.381. The Hall–Kier alpha value is -2.49. The molecule has 4 nitrogen and oxygen atoms in total. The zero-order valence-electron chi connectivity index (χ0n) is 15.7. The summed E-state index contributed by atoms with van der Waals surface area (Å²) in [4.78, 5) is 14.9. The number of hydrogen-bond acceptors (Lipinski definition) is 3. The van der Waals surface area contributed by atoms with Crippen LogP contribution in [0.4, 0.5) is 17.1 Å². The molecule has 0 saturated heterocycles. The summed E-state index contributed by atoms with van der Waals surface area (Å²) < 4.78 is 0. The van der Waals surface area contributed by atoms with E-state index in [-0.39, 0.29) is 11.4 Å². The van der Waals surface area contributed by atoms with Crippen molar-refractivity contribution >= 4 is 23.0 Å². The van der Waals surface area contributed by atoms with Gasteiger partial charge in [0.1, 0.15) is 0 Å². The molecule has 0 aliphatic carbocycles. The van der Waals surface area contributed by atoms with Crippen molar-refractivity contribution in [2.45, 2.75) is 40.2 Å². The highest BCUT2D eigenvalue weighted by Gasteiger charge is 2.30. The third-order valence-corrected chi connectivity index (χ3v) is 4.58. The molecule has 132 valence electrons. The fourth-order valence-electron chi connectivity index (χ4n) is 3.69. The number of benzene rings is 2. The molecule has 0 aromatic heterocycles. The lowest BCUT2D eigenvalue weighted by atomic mass is 9.99. The molecule has 0 saturated carbocycles. The molecule has 2 aromatic carbocycles. The smallest absolute Gasteiger partial charge is 0.243 e. The van der Waals surface area contributed by atoms with Gasteiger partial charge in [-0.05, 0) is 57.9 Å². The molecule has 4 heteroatoms. The second-order valence-electron chi connectivity index (χ2n) is 7.70. The van der Waals surface area contributed by atoms with Crippen LogP contribution in [-0.4, -0.2) is 24.5 Å². The summed E-state index contributed by atoms with van der Waals surface area (Å²) >= 11 is 0. The Morgan fingerprint density at radius 1 is 1.16 bits per heavy atom. The van der Waals surface area contributed by atoms with E-state index < -0.39 is 0 Å². The minimum atomic E-state index is -0.0790. The first-order valence-corrected chi connectivity index (χ1v) is 8.75. The van der Waals surface area contributed by atoms with Crippen LogP contribution in [0.5, 0.6) is 0 Å². The van der Waals surface area contributed by atoms with E-state index in [2.05, 4.69) is 60.6 Å². The summed E-state index contributed by atoms with van der Waals surface area (Å²) in [5.41, 5.74) is 6.43. The molecule has 1 amide bonds. The Balaban J connectivity index is 1.80. The van der Waals surface area contributed by atoms with Crippen molar-refractivity contribution in [1.82, 2.24) is 0 Å². The Labute approximate surface area is 150 Å². The molecule has 0 fully saturated rings. The lowest BCUT2D eigenvalue weighted by Crippen LogP contribution is -2.50. The SMILES string of the molecule is Cc1cc(C)c(NC(=O)CN2CC(C)(C)Nc3ccccc32)c(C)c1. The minimum absolute atomic E-state index is 0.0163.